The van der Waals surface area contributed by atoms with E-state index in [0.717, 1.165) is 17.7 Å². The van der Waals surface area contributed by atoms with Gasteiger partial charge in [-0.2, -0.15) is 8.42 Å². The van der Waals surface area contributed by atoms with E-state index in [-0.39, 0.29) is 4.90 Å². The fourth-order valence-electron chi connectivity index (χ4n) is 1.79. The van der Waals surface area contributed by atoms with Crippen LogP contribution in [0.15, 0.2) is 41.3 Å². The van der Waals surface area contributed by atoms with Gasteiger partial charge in [0.25, 0.3) is 0 Å². The van der Waals surface area contributed by atoms with Crippen molar-refractivity contribution in [3.8, 4) is 5.75 Å². The highest BCUT2D eigenvalue weighted by molar-refractivity contribution is 7.87. The van der Waals surface area contributed by atoms with E-state index in [0.29, 0.717) is 11.6 Å². The summed E-state index contributed by atoms with van der Waals surface area (Å²) in [5.74, 6) is -2.41. The van der Waals surface area contributed by atoms with Crippen LogP contribution in [0, 0.1) is 25.5 Å². The maximum Gasteiger partial charge on any atom is 0.339 e. The van der Waals surface area contributed by atoms with E-state index in [1.165, 1.54) is 6.07 Å². The van der Waals surface area contributed by atoms with E-state index in [1.54, 1.807) is 19.1 Å². The first kappa shape index (κ1) is 14.5. The molecule has 6 heteroatoms. The average Bonchev–Trinajstić information content (AvgIpc) is 2.32. The molecule has 0 radical (unpaired) electrons. The summed E-state index contributed by atoms with van der Waals surface area (Å²) in [4.78, 5) is -0.0492. The van der Waals surface area contributed by atoms with Crippen LogP contribution in [-0.4, -0.2) is 8.42 Å². The quantitative estimate of drug-likeness (QED) is 0.816. The summed E-state index contributed by atoms with van der Waals surface area (Å²) in [5, 5.41) is 0. The molecule has 2 aromatic rings. The Morgan fingerprint density at radius 1 is 1.00 bits per heavy atom. The van der Waals surface area contributed by atoms with Gasteiger partial charge in [-0.1, -0.05) is 17.7 Å². The normalized spacial score (nSPS) is 11.4. The Hall–Kier alpha value is -1.95. The smallest absolute Gasteiger partial charge is 0.339 e. The summed E-state index contributed by atoms with van der Waals surface area (Å²) in [6, 6.07) is 7.11. The minimum atomic E-state index is -4.16. The van der Waals surface area contributed by atoms with Gasteiger partial charge in [0.05, 0.1) is 0 Å². The minimum Gasteiger partial charge on any atom is -0.376 e. The zero-order chi connectivity index (χ0) is 14.9. The van der Waals surface area contributed by atoms with Crippen LogP contribution in [-0.2, 0) is 10.1 Å². The summed E-state index contributed by atoms with van der Waals surface area (Å²) >= 11 is 0. The van der Waals surface area contributed by atoms with Crippen LogP contribution in [0.25, 0.3) is 0 Å². The van der Waals surface area contributed by atoms with Crippen LogP contribution in [0.5, 0.6) is 5.75 Å². The van der Waals surface area contributed by atoms with E-state index >= 15 is 0 Å². The molecule has 0 aliphatic heterocycles. The third-order valence-electron chi connectivity index (χ3n) is 2.69. The molecule has 106 valence electrons. The molecule has 0 heterocycles. The second kappa shape index (κ2) is 5.20. The molecule has 0 bridgehead atoms. The first-order valence-corrected chi connectivity index (χ1v) is 7.17. The lowest BCUT2D eigenvalue weighted by Crippen LogP contribution is -2.12. The van der Waals surface area contributed by atoms with Gasteiger partial charge in [0.2, 0.25) is 0 Å². The lowest BCUT2D eigenvalue weighted by atomic mass is 10.2. The molecule has 0 saturated carbocycles. The number of rotatable bonds is 3. The number of benzene rings is 2. The van der Waals surface area contributed by atoms with Crippen molar-refractivity contribution in [2.75, 3.05) is 0 Å². The summed E-state index contributed by atoms with van der Waals surface area (Å²) in [6.07, 6.45) is 0. The molecular formula is C14H12F2O3S. The molecule has 0 aromatic heterocycles. The van der Waals surface area contributed by atoms with Crippen molar-refractivity contribution in [2.45, 2.75) is 18.7 Å². The maximum absolute atomic E-state index is 13.4. The van der Waals surface area contributed by atoms with Gasteiger partial charge in [0, 0.05) is 6.07 Å². The predicted octanol–water partition coefficient (Wildman–Crippen LogP) is 3.35. The van der Waals surface area contributed by atoms with Gasteiger partial charge in [-0.05, 0) is 37.6 Å². The van der Waals surface area contributed by atoms with Crippen molar-refractivity contribution >= 4 is 10.1 Å². The summed E-state index contributed by atoms with van der Waals surface area (Å²) in [7, 11) is -4.16. The first-order valence-electron chi connectivity index (χ1n) is 5.76. The third kappa shape index (κ3) is 2.96. The highest BCUT2D eigenvalue weighted by atomic mass is 32.2. The zero-order valence-electron chi connectivity index (χ0n) is 10.9. The van der Waals surface area contributed by atoms with Crippen molar-refractivity contribution in [1.29, 1.82) is 0 Å². The van der Waals surface area contributed by atoms with Crippen LogP contribution >= 0.6 is 0 Å². The van der Waals surface area contributed by atoms with Crippen molar-refractivity contribution < 1.29 is 21.4 Å². The number of hydrogen-bond donors (Lipinski definition) is 0. The van der Waals surface area contributed by atoms with Gasteiger partial charge in [-0.3, -0.25) is 0 Å². The maximum atomic E-state index is 13.4. The third-order valence-corrected chi connectivity index (χ3v) is 4.09. The number of halogens is 2. The molecule has 20 heavy (non-hydrogen) atoms. The van der Waals surface area contributed by atoms with Crippen molar-refractivity contribution in [3.05, 3.63) is 59.2 Å². The molecule has 0 spiro atoms. The molecule has 0 atom stereocenters. The molecule has 2 aromatic carbocycles. The molecule has 3 nitrogen and oxygen atoms in total. The largest absolute Gasteiger partial charge is 0.376 e. The summed E-state index contributed by atoms with van der Waals surface area (Å²) < 4.78 is 55.1. The zero-order valence-corrected chi connectivity index (χ0v) is 11.7. The molecular weight excluding hydrogens is 286 g/mol. The Bertz CT molecular complexity index is 755. The van der Waals surface area contributed by atoms with Crippen molar-refractivity contribution in [3.63, 3.8) is 0 Å². The van der Waals surface area contributed by atoms with E-state index < -0.39 is 27.5 Å². The lowest BCUT2D eigenvalue weighted by Gasteiger charge is -2.10. The van der Waals surface area contributed by atoms with Gasteiger partial charge in [-0.25, -0.2) is 8.78 Å². The average molecular weight is 298 g/mol. The molecule has 0 saturated heterocycles. The lowest BCUT2D eigenvalue weighted by molar-refractivity contribution is 0.457. The number of hydrogen-bond acceptors (Lipinski definition) is 3. The van der Waals surface area contributed by atoms with Crippen LogP contribution in [0.2, 0.25) is 0 Å². The predicted molar refractivity (Wildman–Crippen MR) is 70.1 cm³/mol. The van der Waals surface area contributed by atoms with E-state index in [2.05, 4.69) is 0 Å². The fourth-order valence-corrected chi connectivity index (χ4v) is 2.94. The van der Waals surface area contributed by atoms with Crippen LogP contribution in [0.4, 0.5) is 8.78 Å². The molecule has 2 rings (SSSR count). The summed E-state index contributed by atoms with van der Waals surface area (Å²) in [5.41, 5.74) is 1.39. The van der Waals surface area contributed by atoms with Crippen molar-refractivity contribution in [1.82, 2.24) is 0 Å². The first-order chi connectivity index (χ1) is 9.29. The molecule has 0 unspecified atom stereocenters. The SMILES string of the molecule is Cc1ccc(S(=O)(=O)Oc2ccc(F)cc2F)c(C)c1. The van der Waals surface area contributed by atoms with Gasteiger partial charge >= 0.3 is 10.1 Å². The van der Waals surface area contributed by atoms with Gasteiger partial charge < -0.3 is 4.18 Å². The molecule has 0 aliphatic carbocycles. The minimum absolute atomic E-state index is 0.0492. The Morgan fingerprint density at radius 3 is 2.30 bits per heavy atom. The molecule has 0 N–H and O–H groups in total. The fraction of sp³-hybridized carbons (Fsp3) is 0.143. The Balaban J connectivity index is 2.41. The van der Waals surface area contributed by atoms with E-state index in [1.807, 2.05) is 6.92 Å². The molecule has 0 aliphatic rings. The van der Waals surface area contributed by atoms with E-state index in [9.17, 15) is 17.2 Å². The highest BCUT2D eigenvalue weighted by Gasteiger charge is 2.21. The highest BCUT2D eigenvalue weighted by Crippen LogP contribution is 2.24. The molecule has 0 fully saturated rings. The van der Waals surface area contributed by atoms with Crippen LogP contribution in [0.3, 0.4) is 0 Å². The van der Waals surface area contributed by atoms with Crippen LogP contribution < -0.4 is 4.18 Å². The summed E-state index contributed by atoms with van der Waals surface area (Å²) in [6.45, 7) is 3.44. The van der Waals surface area contributed by atoms with Gasteiger partial charge in [0.1, 0.15) is 10.7 Å². The Labute approximate surface area is 115 Å². The topological polar surface area (TPSA) is 43.4 Å². The monoisotopic (exact) mass is 298 g/mol. The second-order valence-electron chi connectivity index (χ2n) is 4.38. The Kier molecular flexibility index (Phi) is 3.76. The Morgan fingerprint density at radius 2 is 1.70 bits per heavy atom. The number of aryl methyl sites for hydroxylation is 2. The van der Waals surface area contributed by atoms with Crippen molar-refractivity contribution in [2.24, 2.45) is 0 Å². The second-order valence-corrected chi connectivity index (χ2v) is 5.90. The van der Waals surface area contributed by atoms with Gasteiger partial charge in [0.15, 0.2) is 11.6 Å². The molecule has 0 amide bonds. The van der Waals surface area contributed by atoms with Gasteiger partial charge in [-0.15, -0.1) is 0 Å². The van der Waals surface area contributed by atoms with Crippen LogP contribution in [0.1, 0.15) is 11.1 Å². The van der Waals surface area contributed by atoms with E-state index in [4.69, 9.17) is 4.18 Å². The standard InChI is InChI=1S/C14H12F2O3S/c1-9-3-6-14(10(2)7-9)20(17,18)19-13-5-4-11(15)8-12(13)16/h3-8H,1-2H3.